The molecule has 0 amide bonds. The van der Waals surface area contributed by atoms with E-state index in [0.29, 0.717) is 6.42 Å². The molecule has 2 heterocycles. The molecule has 0 bridgehead atoms. The number of nitrogens with zero attached hydrogens (tertiary/aromatic N) is 1. The normalized spacial score (nSPS) is 21.3. The first-order valence-corrected chi connectivity index (χ1v) is 15.2. The number of H-pyrrole nitrogens is 1. The fraction of sp³-hybridized carbons (Fsp3) is 0.484. The van der Waals surface area contributed by atoms with E-state index < -0.39 is 58.8 Å². The second-order valence-corrected chi connectivity index (χ2v) is 12.0. The maximum absolute atomic E-state index is 12.2. The number of carbonyl (C=O) groups excluding carboxylic acids is 4. The molecule has 1 aliphatic heterocycles. The van der Waals surface area contributed by atoms with E-state index in [-0.39, 0.29) is 24.8 Å². The van der Waals surface area contributed by atoms with Crippen LogP contribution in [0.4, 0.5) is 0 Å². The lowest BCUT2D eigenvalue weighted by molar-refractivity contribution is -0.190. The number of hydrogen-bond donors (Lipinski definition) is 2. The van der Waals surface area contributed by atoms with Gasteiger partial charge in [-0.15, -0.1) is 16.9 Å². The van der Waals surface area contributed by atoms with Crippen LogP contribution in [0.25, 0.3) is 6.08 Å². The highest BCUT2D eigenvalue weighted by Crippen LogP contribution is 2.40. The number of hydrogen-bond acceptors (Lipinski definition) is 12. The Morgan fingerprint density at radius 3 is 2.07 bits per heavy atom. The highest BCUT2D eigenvalue weighted by molar-refractivity contribution is 8.00. The van der Waals surface area contributed by atoms with Crippen molar-refractivity contribution in [1.82, 2.24) is 10.2 Å². The van der Waals surface area contributed by atoms with Crippen LogP contribution in [0.3, 0.4) is 0 Å². The molecular formula is C31H38N2O11S. The molecule has 1 saturated heterocycles. The molecular weight excluding hydrogens is 608 g/mol. The fourth-order valence-corrected chi connectivity index (χ4v) is 6.12. The van der Waals surface area contributed by atoms with Crippen LogP contribution in [-0.2, 0) is 49.3 Å². The molecule has 0 aliphatic carbocycles. The smallest absolute Gasteiger partial charge is 0.307 e. The van der Waals surface area contributed by atoms with Gasteiger partial charge in [0.25, 0.3) is 0 Å². The molecule has 14 heteroatoms. The summed E-state index contributed by atoms with van der Waals surface area (Å²) in [6.45, 7) is 8.55. The van der Waals surface area contributed by atoms with E-state index in [0.717, 1.165) is 34.1 Å². The van der Waals surface area contributed by atoms with Crippen molar-refractivity contribution in [3.63, 3.8) is 0 Å². The van der Waals surface area contributed by atoms with Gasteiger partial charge in [0, 0.05) is 45.4 Å². The number of carboxylic acid groups (broad SMARTS) is 1. The van der Waals surface area contributed by atoms with E-state index in [1.165, 1.54) is 27.7 Å². The molecule has 244 valence electrons. The SMILES string of the molecule is CC(=O)OC[C@H]1S[C@@H](Oc2n[nH]c(C(C)C)c2Cc2ccc(/C=C/CC(=O)O)cc2)[C@H](OC(C)=O)[C@@H](OC(C)=O)[C@@H]1OC(C)=O. The maximum atomic E-state index is 12.2. The van der Waals surface area contributed by atoms with Crippen molar-refractivity contribution in [3.8, 4) is 5.88 Å². The second kappa shape index (κ2) is 16.1. The number of ether oxygens (including phenoxy) is 5. The minimum Gasteiger partial charge on any atom is -0.481 e. The van der Waals surface area contributed by atoms with Gasteiger partial charge in [-0.2, -0.15) is 0 Å². The molecule has 2 N–H and O–H groups in total. The number of esters is 4. The lowest BCUT2D eigenvalue weighted by Gasteiger charge is -2.43. The average molecular weight is 647 g/mol. The second-order valence-electron chi connectivity index (χ2n) is 10.7. The Balaban J connectivity index is 1.99. The molecule has 1 aromatic heterocycles. The molecule has 0 unspecified atom stereocenters. The number of carboxylic acids is 1. The number of nitrogens with one attached hydrogen (secondary N) is 1. The van der Waals surface area contributed by atoms with Crippen LogP contribution in [0.15, 0.2) is 30.3 Å². The minimum atomic E-state index is -1.28. The van der Waals surface area contributed by atoms with E-state index in [2.05, 4.69) is 10.2 Å². The van der Waals surface area contributed by atoms with Crippen LogP contribution < -0.4 is 4.74 Å². The largest absolute Gasteiger partial charge is 0.481 e. The van der Waals surface area contributed by atoms with Crippen molar-refractivity contribution in [2.45, 2.75) is 89.3 Å². The Kier molecular flexibility index (Phi) is 12.6. The van der Waals surface area contributed by atoms with Gasteiger partial charge in [0.05, 0.1) is 11.7 Å². The highest BCUT2D eigenvalue weighted by Gasteiger charge is 2.53. The van der Waals surface area contributed by atoms with Crippen molar-refractivity contribution in [2.24, 2.45) is 0 Å². The summed E-state index contributed by atoms with van der Waals surface area (Å²) in [5.41, 5.74) is 2.30. The van der Waals surface area contributed by atoms with E-state index >= 15 is 0 Å². The lowest BCUT2D eigenvalue weighted by Crippen LogP contribution is -2.59. The predicted octanol–water partition coefficient (Wildman–Crippen LogP) is 3.79. The van der Waals surface area contributed by atoms with Crippen LogP contribution in [-0.4, -0.2) is 80.8 Å². The highest BCUT2D eigenvalue weighted by atomic mass is 32.2. The van der Waals surface area contributed by atoms with E-state index in [1.54, 1.807) is 12.2 Å². The molecule has 45 heavy (non-hydrogen) atoms. The number of aliphatic carboxylic acids is 1. The van der Waals surface area contributed by atoms with Crippen molar-refractivity contribution in [3.05, 3.63) is 52.7 Å². The third kappa shape index (κ3) is 10.4. The van der Waals surface area contributed by atoms with Gasteiger partial charge in [0.2, 0.25) is 5.88 Å². The Labute approximate surface area is 265 Å². The van der Waals surface area contributed by atoms with Crippen molar-refractivity contribution in [2.75, 3.05) is 6.61 Å². The number of aromatic nitrogens is 2. The minimum absolute atomic E-state index is 0.0326. The summed E-state index contributed by atoms with van der Waals surface area (Å²) in [6.07, 6.45) is -0.00377. The Morgan fingerprint density at radius 2 is 1.51 bits per heavy atom. The quantitative estimate of drug-likeness (QED) is 0.237. The molecule has 1 aromatic carbocycles. The summed E-state index contributed by atoms with van der Waals surface area (Å²) < 4.78 is 28.3. The van der Waals surface area contributed by atoms with Crippen molar-refractivity contribution < 1.29 is 52.8 Å². The van der Waals surface area contributed by atoms with Gasteiger partial charge in [-0.25, -0.2) is 0 Å². The van der Waals surface area contributed by atoms with E-state index in [4.69, 9.17) is 28.8 Å². The number of carbonyl (C=O) groups is 5. The zero-order chi connectivity index (χ0) is 33.3. The first kappa shape index (κ1) is 35.2. The van der Waals surface area contributed by atoms with Gasteiger partial charge < -0.3 is 28.8 Å². The fourth-order valence-electron chi connectivity index (χ4n) is 4.75. The molecule has 0 spiro atoms. The maximum Gasteiger partial charge on any atom is 0.307 e. The summed E-state index contributed by atoms with van der Waals surface area (Å²) in [5.74, 6) is -3.31. The monoisotopic (exact) mass is 646 g/mol. The van der Waals surface area contributed by atoms with Crippen molar-refractivity contribution in [1.29, 1.82) is 0 Å². The van der Waals surface area contributed by atoms with Gasteiger partial charge in [-0.05, 0) is 17.0 Å². The molecule has 2 aromatic rings. The topological polar surface area (TPSA) is 180 Å². The van der Waals surface area contributed by atoms with Crippen LogP contribution in [0.2, 0.25) is 0 Å². The first-order valence-electron chi connectivity index (χ1n) is 14.3. The third-order valence-corrected chi connectivity index (χ3v) is 7.96. The van der Waals surface area contributed by atoms with Crippen LogP contribution in [0.1, 0.15) is 76.3 Å². The van der Waals surface area contributed by atoms with Crippen molar-refractivity contribution >= 4 is 47.7 Å². The molecule has 1 aliphatic rings. The Bertz CT molecular complexity index is 1400. The number of rotatable bonds is 13. The zero-order valence-electron chi connectivity index (χ0n) is 25.9. The Morgan fingerprint density at radius 1 is 0.911 bits per heavy atom. The van der Waals surface area contributed by atoms with Crippen LogP contribution >= 0.6 is 11.8 Å². The third-order valence-electron chi connectivity index (χ3n) is 6.58. The van der Waals surface area contributed by atoms with Gasteiger partial charge >= 0.3 is 29.8 Å². The number of benzene rings is 1. The lowest BCUT2D eigenvalue weighted by atomic mass is 9.99. The van der Waals surface area contributed by atoms with Gasteiger partial charge in [0.1, 0.15) is 6.61 Å². The molecule has 1 fully saturated rings. The van der Waals surface area contributed by atoms with E-state index in [1.807, 2.05) is 38.1 Å². The standard InChI is InChI=1S/C31H38N2O11S/c1-16(2)26-23(14-22-12-10-21(11-13-22)8-7-9-25(38)39)30(33-32-26)44-31-29(43-20(6)37)28(42-19(5)36)27(41-18(4)35)24(45-31)15-40-17(3)34/h7-8,10-13,16,24,27-29,31H,9,14-15H2,1-6H3,(H,32,33)(H,38,39)/b8-7+/t24-,27-,28+,29-,31-/m1/s1. The summed E-state index contributed by atoms with van der Waals surface area (Å²) in [7, 11) is 0. The van der Waals surface area contributed by atoms with E-state index in [9.17, 15) is 24.0 Å². The molecule has 3 rings (SSSR count). The van der Waals surface area contributed by atoms with Crippen LogP contribution in [0, 0.1) is 0 Å². The summed E-state index contributed by atoms with van der Waals surface area (Å²) in [6, 6.07) is 7.56. The molecule has 5 atom stereocenters. The zero-order valence-corrected chi connectivity index (χ0v) is 26.8. The van der Waals surface area contributed by atoms with Crippen LogP contribution in [0.5, 0.6) is 5.88 Å². The summed E-state index contributed by atoms with van der Waals surface area (Å²) in [4.78, 5) is 58.9. The molecule has 0 radical (unpaired) electrons. The summed E-state index contributed by atoms with van der Waals surface area (Å²) >= 11 is 1.10. The van der Waals surface area contributed by atoms with Gasteiger partial charge in [-0.1, -0.05) is 50.3 Å². The number of aromatic amines is 1. The Hall–Kier alpha value is -4.33. The first-order chi connectivity index (χ1) is 21.2. The van der Waals surface area contributed by atoms with Gasteiger partial charge in [0.15, 0.2) is 23.7 Å². The number of thioether (sulfide) groups is 1. The average Bonchev–Trinajstić information content (AvgIpc) is 3.33. The molecule has 13 nitrogen and oxygen atoms in total. The van der Waals surface area contributed by atoms with Gasteiger partial charge in [-0.3, -0.25) is 29.1 Å². The molecule has 0 saturated carbocycles. The predicted molar refractivity (Wildman–Crippen MR) is 162 cm³/mol. The summed E-state index contributed by atoms with van der Waals surface area (Å²) in [5, 5.41) is 15.6.